The Balaban J connectivity index is 2.71. The molecule has 2 N–H and O–H groups in total. The highest BCUT2D eigenvalue weighted by molar-refractivity contribution is 5.96. The fourth-order valence-corrected chi connectivity index (χ4v) is 2.59. The van der Waals surface area contributed by atoms with E-state index in [0.717, 1.165) is 28.7 Å². The van der Waals surface area contributed by atoms with Crippen molar-refractivity contribution >= 4 is 12.0 Å². The number of aliphatic imine (C=N–C) groups is 1. The molecule has 0 amide bonds. The molecule has 0 aliphatic heterocycles. The quantitative estimate of drug-likeness (QED) is 0.282. The van der Waals surface area contributed by atoms with Crippen LogP contribution in [0.3, 0.4) is 0 Å². The third kappa shape index (κ3) is 9.20. The number of hydrogen-bond donors (Lipinski definition) is 1. The Morgan fingerprint density at radius 1 is 1.07 bits per heavy atom. The van der Waals surface area contributed by atoms with Gasteiger partial charge in [-0.1, -0.05) is 60.2 Å². The largest absolute Gasteiger partial charge is 0.398 e. The number of Topliss-reactive ketones (excluding diaryl/α,β-unsaturated/α-hetero) is 1. The van der Waals surface area contributed by atoms with Crippen LogP contribution < -0.4 is 5.73 Å². The maximum Gasteiger partial charge on any atom is 0.163 e. The molecular formula is C26H34N2O. The van der Waals surface area contributed by atoms with E-state index in [2.05, 4.69) is 44.5 Å². The average Bonchev–Trinajstić information content (AvgIpc) is 2.68. The van der Waals surface area contributed by atoms with Crippen LogP contribution in [0.15, 0.2) is 88.1 Å². The number of rotatable bonds is 10. The van der Waals surface area contributed by atoms with Crippen molar-refractivity contribution in [3.63, 3.8) is 0 Å². The standard InChI is InChI=1S/C26H34N2O/c1-7-8-25(27)24(20(4)5)18-28-17-22-12-14-23(15-13-22)26(29)16-11-21(6)10-9-19(2)3/h7-10,12-15,18H,4,11,16-17,27H2,1-3,5-6H3/b8-7-,21-10+,25-24+,28-18?. The van der Waals surface area contributed by atoms with Crippen molar-refractivity contribution < 1.29 is 4.79 Å². The van der Waals surface area contributed by atoms with E-state index in [1.807, 2.05) is 50.3 Å². The lowest BCUT2D eigenvalue weighted by molar-refractivity contribution is 0.0983. The second kappa shape index (κ2) is 12.5. The fourth-order valence-electron chi connectivity index (χ4n) is 2.59. The third-order valence-electron chi connectivity index (χ3n) is 4.33. The molecule has 0 saturated heterocycles. The van der Waals surface area contributed by atoms with Crippen LogP contribution in [0, 0.1) is 0 Å². The molecule has 0 radical (unpaired) electrons. The summed E-state index contributed by atoms with van der Waals surface area (Å²) >= 11 is 0. The number of carbonyl (C=O) groups is 1. The van der Waals surface area contributed by atoms with Gasteiger partial charge in [-0.3, -0.25) is 9.79 Å². The summed E-state index contributed by atoms with van der Waals surface area (Å²) in [7, 11) is 0. The number of benzene rings is 1. The third-order valence-corrected chi connectivity index (χ3v) is 4.33. The van der Waals surface area contributed by atoms with Crippen LogP contribution in [0.5, 0.6) is 0 Å². The van der Waals surface area contributed by atoms with Gasteiger partial charge in [0.1, 0.15) is 0 Å². The minimum absolute atomic E-state index is 0.164. The van der Waals surface area contributed by atoms with E-state index < -0.39 is 0 Å². The number of allylic oxidation sites excluding steroid dienone is 8. The number of nitrogens with zero attached hydrogens (tertiary/aromatic N) is 1. The van der Waals surface area contributed by atoms with E-state index in [1.54, 1.807) is 6.21 Å². The van der Waals surface area contributed by atoms with Crippen molar-refractivity contribution in [3.8, 4) is 0 Å². The molecule has 1 aromatic carbocycles. The molecule has 0 bridgehead atoms. The first kappa shape index (κ1) is 24.1. The summed E-state index contributed by atoms with van der Waals surface area (Å²) in [6, 6.07) is 7.67. The van der Waals surface area contributed by atoms with Crippen molar-refractivity contribution in [1.82, 2.24) is 0 Å². The molecule has 1 rings (SSSR count). The number of nitrogens with two attached hydrogens (primary N) is 1. The SMILES string of the molecule is C=C(C)/C(C=NCc1ccc(C(=O)CC/C(C)=C/C=C(C)C)cc1)=C(N)\C=C/C. The number of hydrogen-bond acceptors (Lipinski definition) is 3. The summed E-state index contributed by atoms with van der Waals surface area (Å²) < 4.78 is 0. The summed E-state index contributed by atoms with van der Waals surface area (Å²) in [4.78, 5) is 16.9. The molecule has 0 aromatic heterocycles. The predicted octanol–water partition coefficient (Wildman–Crippen LogP) is 6.50. The van der Waals surface area contributed by atoms with Gasteiger partial charge in [0, 0.05) is 29.5 Å². The minimum Gasteiger partial charge on any atom is -0.398 e. The van der Waals surface area contributed by atoms with Gasteiger partial charge in [-0.15, -0.1) is 0 Å². The van der Waals surface area contributed by atoms with Gasteiger partial charge in [-0.25, -0.2) is 0 Å². The Bertz CT molecular complexity index is 858. The Hall–Kier alpha value is -2.94. The smallest absolute Gasteiger partial charge is 0.163 e. The first-order chi connectivity index (χ1) is 13.7. The molecular weight excluding hydrogens is 356 g/mol. The van der Waals surface area contributed by atoms with E-state index >= 15 is 0 Å². The molecule has 0 aliphatic carbocycles. The molecule has 0 fully saturated rings. The van der Waals surface area contributed by atoms with Gasteiger partial charge < -0.3 is 5.73 Å². The molecule has 0 spiro atoms. The van der Waals surface area contributed by atoms with Crippen LogP contribution in [0.2, 0.25) is 0 Å². The zero-order valence-corrected chi connectivity index (χ0v) is 18.5. The molecule has 0 heterocycles. The molecule has 154 valence electrons. The van der Waals surface area contributed by atoms with Gasteiger partial charge in [-0.05, 0) is 58.3 Å². The van der Waals surface area contributed by atoms with Crippen molar-refractivity contribution in [1.29, 1.82) is 0 Å². The van der Waals surface area contributed by atoms with E-state index in [0.29, 0.717) is 18.7 Å². The fraction of sp³-hybridized carbons (Fsp3) is 0.308. The normalized spacial score (nSPS) is 12.9. The first-order valence-corrected chi connectivity index (χ1v) is 9.95. The van der Waals surface area contributed by atoms with Gasteiger partial charge in [0.2, 0.25) is 0 Å². The highest BCUT2D eigenvalue weighted by atomic mass is 16.1. The molecule has 0 aliphatic rings. The predicted molar refractivity (Wildman–Crippen MR) is 126 cm³/mol. The van der Waals surface area contributed by atoms with Crippen LogP contribution in [0.1, 0.15) is 63.4 Å². The summed E-state index contributed by atoms with van der Waals surface area (Å²) in [5.74, 6) is 0.164. The zero-order valence-electron chi connectivity index (χ0n) is 18.5. The number of ketones is 1. The average molecular weight is 391 g/mol. The van der Waals surface area contributed by atoms with E-state index in [9.17, 15) is 4.79 Å². The topological polar surface area (TPSA) is 55.5 Å². The van der Waals surface area contributed by atoms with Crippen molar-refractivity contribution in [2.45, 2.75) is 54.0 Å². The van der Waals surface area contributed by atoms with E-state index in [1.165, 1.54) is 11.1 Å². The van der Waals surface area contributed by atoms with E-state index in [4.69, 9.17) is 5.73 Å². The molecule has 29 heavy (non-hydrogen) atoms. The van der Waals surface area contributed by atoms with Gasteiger partial charge in [0.25, 0.3) is 0 Å². The highest BCUT2D eigenvalue weighted by Crippen LogP contribution is 2.13. The van der Waals surface area contributed by atoms with Crippen LogP contribution in [0.4, 0.5) is 0 Å². The van der Waals surface area contributed by atoms with Crippen LogP contribution in [-0.2, 0) is 6.54 Å². The van der Waals surface area contributed by atoms with Crippen LogP contribution in [0.25, 0.3) is 0 Å². The minimum atomic E-state index is 0.164. The monoisotopic (exact) mass is 390 g/mol. The molecule has 0 saturated carbocycles. The maximum atomic E-state index is 12.4. The van der Waals surface area contributed by atoms with Crippen molar-refractivity contribution in [2.75, 3.05) is 0 Å². The van der Waals surface area contributed by atoms with Crippen molar-refractivity contribution in [2.24, 2.45) is 10.7 Å². The second-order valence-electron chi connectivity index (χ2n) is 7.50. The van der Waals surface area contributed by atoms with Crippen LogP contribution >= 0.6 is 0 Å². The highest BCUT2D eigenvalue weighted by Gasteiger charge is 2.06. The lowest BCUT2D eigenvalue weighted by Gasteiger charge is -2.05. The van der Waals surface area contributed by atoms with Crippen LogP contribution in [-0.4, -0.2) is 12.0 Å². The molecule has 3 heteroatoms. The summed E-state index contributed by atoms with van der Waals surface area (Å²) in [6.07, 6.45) is 11.0. The maximum absolute atomic E-state index is 12.4. The van der Waals surface area contributed by atoms with Gasteiger partial charge in [0.15, 0.2) is 5.78 Å². The van der Waals surface area contributed by atoms with Gasteiger partial charge in [0.05, 0.1) is 6.54 Å². The molecule has 0 unspecified atom stereocenters. The van der Waals surface area contributed by atoms with E-state index in [-0.39, 0.29) is 5.78 Å². The Kier molecular flexibility index (Phi) is 10.4. The lowest BCUT2D eigenvalue weighted by Crippen LogP contribution is -2.02. The lowest BCUT2D eigenvalue weighted by atomic mass is 10.0. The summed E-state index contributed by atoms with van der Waals surface area (Å²) in [6.45, 7) is 14.5. The van der Waals surface area contributed by atoms with Gasteiger partial charge >= 0.3 is 0 Å². The second-order valence-corrected chi connectivity index (χ2v) is 7.50. The first-order valence-electron chi connectivity index (χ1n) is 9.95. The molecule has 0 atom stereocenters. The summed E-state index contributed by atoms with van der Waals surface area (Å²) in [5.41, 5.74) is 12.7. The zero-order chi connectivity index (χ0) is 21.8. The Morgan fingerprint density at radius 3 is 2.28 bits per heavy atom. The Morgan fingerprint density at radius 2 is 1.72 bits per heavy atom. The Labute approximate surface area is 176 Å². The number of carbonyl (C=O) groups excluding carboxylic acids is 1. The van der Waals surface area contributed by atoms with Crippen molar-refractivity contribution in [3.05, 3.63) is 94.3 Å². The summed E-state index contributed by atoms with van der Waals surface area (Å²) in [5, 5.41) is 0. The molecule has 1 aromatic rings. The molecule has 3 nitrogen and oxygen atoms in total. The van der Waals surface area contributed by atoms with Gasteiger partial charge in [-0.2, -0.15) is 0 Å².